The maximum Gasteiger partial charge on any atom is 0.274 e. The van der Waals surface area contributed by atoms with Crippen molar-refractivity contribution in [2.75, 3.05) is 31.1 Å². The van der Waals surface area contributed by atoms with Crippen LogP contribution in [0.5, 0.6) is 0 Å². The van der Waals surface area contributed by atoms with Crippen molar-refractivity contribution in [2.45, 2.75) is 0 Å². The quantitative estimate of drug-likeness (QED) is 0.499. The fourth-order valence-electron chi connectivity index (χ4n) is 4.03. The average Bonchev–Trinajstić information content (AvgIpc) is 3.31. The summed E-state index contributed by atoms with van der Waals surface area (Å²) in [6.45, 7) is 3.01. The summed E-state index contributed by atoms with van der Waals surface area (Å²) in [7, 11) is 0. The first-order chi connectivity index (χ1) is 15.3. The molecule has 1 amide bonds. The van der Waals surface area contributed by atoms with Crippen molar-refractivity contribution in [3.05, 3.63) is 103 Å². The highest BCUT2D eigenvalue weighted by Gasteiger charge is 2.25. The molecule has 1 aliphatic heterocycles. The van der Waals surface area contributed by atoms with Gasteiger partial charge in [-0.05, 0) is 24.3 Å². The van der Waals surface area contributed by atoms with Crippen molar-refractivity contribution >= 4 is 11.6 Å². The summed E-state index contributed by atoms with van der Waals surface area (Å²) in [5.74, 6) is 0.762. The second-order valence-electron chi connectivity index (χ2n) is 7.64. The van der Waals surface area contributed by atoms with Crippen molar-refractivity contribution < 1.29 is 4.79 Å². The van der Waals surface area contributed by atoms with Crippen molar-refractivity contribution in [3.63, 3.8) is 0 Å². The number of benzene rings is 3. The van der Waals surface area contributed by atoms with Crippen LogP contribution in [-0.4, -0.2) is 46.5 Å². The van der Waals surface area contributed by atoms with Crippen LogP contribution in [0.15, 0.2) is 97.2 Å². The first kappa shape index (κ1) is 19.1. The largest absolute Gasteiger partial charge is 0.368 e. The summed E-state index contributed by atoms with van der Waals surface area (Å²) >= 11 is 0. The Bertz CT molecular complexity index is 1090. The van der Waals surface area contributed by atoms with Gasteiger partial charge in [-0.1, -0.05) is 66.7 Å². The third-order valence-electron chi connectivity index (χ3n) is 5.68. The molecule has 2 heterocycles. The van der Waals surface area contributed by atoms with Crippen molar-refractivity contribution in [1.29, 1.82) is 0 Å². The molecule has 0 spiro atoms. The van der Waals surface area contributed by atoms with E-state index in [2.05, 4.69) is 17.0 Å². The average molecular weight is 409 g/mol. The molecule has 1 fully saturated rings. The Morgan fingerprint density at radius 3 is 1.84 bits per heavy atom. The molecule has 1 saturated heterocycles. The molecule has 0 N–H and O–H groups in total. The maximum absolute atomic E-state index is 13.3. The summed E-state index contributed by atoms with van der Waals surface area (Å²) in [4.78, 5) is 22.3. The second-order valence-corrected chi connectivity index (χ2v) is 7.64. The molecule has 4 aromatic rings. The molecule has 0 radical (unpaired) electrons. The van der Waals surface area contributed by atoms with E-state index in [0.29, 0.717) is 18.8 Å². The maximum atomic E-state index is 13.3. The van der Waals surface area contributed by atoms with Crippen LogP contribution >= 0.6 is 0 Å². The Labute approximate surface area is 182 Å². The van der Waals surface area contributed by atoms with Crippen LogP contribution in [0.2, 0.25) is 0 Å². The lowest BCUT2D eigenvalue weighted by atomic mass is 10.2. The lowest BCUT2D eigenvalue weighted by Gasteiger charge is -2.35. The minimum atomic E-state index is -0.0143. The molecule has 5 nitrogen and oxygen atoms in total. The van der Waals surface area contributed by atoms with Gasteiger partial charge in [0.15, 0.2) is 0 Å². The number of rotatable bonds is 4. The molecule has 5 rings (SSSR count). The second kappa shape index (κ2) is 8.48. The van der Waals surface area contributed by atoms with E-state index >= 15 is 0 Å². The molecule has 0 unspecified atom stereocenters. The van der Waals surface area contributed by atoms with Gasteiger partial charge in [-0.25, -0.2) is 4.98 Å². The number of hydrogen-bond donors (Lipinski definition) is 0. The predicted octanol–water partition coefficient (Wildman–Crippen LogP) is 4.50. The van der Waals surface area contributed by atoms with Crippen LogP contribution < -0.4 is 4.90 Å². The molecule has 1 aromatic heterocycles. The van der Waals surface area contributed by atoms with Crippen LogP contribution in [-0.2, 0) is 0 Å². The van der Waals surface area contributed by atoms with E-state index in [-0.39, 0.29) is 5.91 Å². The molecule has 0 atom stereocenters. The standard InChI is InChI=1S/C26H24N4O/c31-26(29-18-16-28(17-19-29)22-12-6-2-7-13-22)24-20-30(23-14-8-3-9-15-23)25(27-24)21-10-4-1-5-11-21/h1-15,20H,16-19H2. The first-order valence-electron chi connectivity index (χ1n) is 10.6. The van der Waals surface area contributed by atoms with Gasteiger partial charge in [0.2, 0.25) is 0 Å². The molecule has 5 heteroatoms. The van der Waals surface area contributed by atoms with E-state index in [1.165, 1.54) is 5.69 Å². The Hall–Kier alpha value is -3.86. The van der Waals surface area contributed by atoms with Gasteiger partial charge in [-0.2, -0.15) is 0 Å². The smallest absolute Gasteiger partial charge is 0.274 e. The van der Waals surface area contributed by atoms with Gasteiger partial charge in [-0.3, -0.25) is 9.36 Å². The van der Waals surface area contributed by atoms with Crippen LogP contribution in [0.1, 0.15) is 10.5 Å². The summed E-state index contributed by atoms with van der Waals surface area (Å²) in [5.41, 5.74) is 3.66. The highest BCUT2D eigenvalue weighted by atomic mass is 16.2. The number of piperazine rings is 1. The van der Waals surface area contributed by atoms with E-state index in [0.717, 1.165) is 30.2 Å². The minimum Gasteiger partial charge on any atom is -0.368 e. The zero-order valence-electron chi connectivity index (χ0n) is 17.3. The molecule has 0 aliphatic carbocycles. The van der Waals surface area contributed by atoms with Crippen LogP contribution in [0, 0.1) is 0 Å². The number of para-hydroxylation sites is 2. The number of aromatic nitrogens is 2. The summed E-state index contributed by atoms with van der Waals surface area (Å²) in [6, 6.07) is 30.4. The first-order valence-corrected chi connectivity index (χ1v) is 10.6. The molecular formula is C26H24N4O. The zero-order chi connectivity index (χ0) is 21.0. The van der Waals surface area contributed by atoms with Crippen molar-refractivity contribution in [1.82, 2.24) is 14.5 Å². The number of nitrogens with zero attached hydrogens (tertiary/aromatic N) is 4. The highest BCUT2D eigenvalue weighted by molar-refractivity contribution is 5.93. The molecule has 154 valence electrons. The molecule has 31 heavy (non-hydrogen) atoms. The van der Waals surface area contributed by atoms with Crippen LogP contribution in [0.4, 0.5) is 5.69 Å². The van der Waals surface area contributed by atoms with E-state index in [9.17, 15) is 4.79 Å². The zero-order valence-corrected chi connectivity index (χ0v) is 17.3. The fraction of sp³-hybridized carbons (Fsp3) is 0.154. The van der Waals surface area contributed by atoms with Gasteiger partial charge in [0.05, 0.1) is 0 Å². The molecule has 3 aromatic carbocycles. The third-order valence-corrected chi connectivity index (χ3v) is 5.68. The Morgan fingerprint density at radius 1 is 0.677 bits per heavy atom. The monoisotopic (exact) mass is 408 g/mol. The Morgan fingerprint density at radius 2 is 1.23 bits per heavy atom. The topological polar surface area (TPSA) is 41.4 Å². The normalized spacial score (nSPS) is 13.9. The molecule has 0 saturated carbocycles. The molecule has 1 aliphatic rings. The summed E-state index contributed by atoms with van der Waals surface area (Å²) < 4.78 is 2.00. The summed E-state index contributed by atoms with van der Waals surface area (Å²) in [5, 5.41) is 0. The van der Waals surface area contributed by atoms with Gasteiger partial charge in [0.25, 0.3) is 5.91 Å². The van der Waals surface area contributed by atoms with E-state index in [4.69, 9.17) is 4.98 Å². The van der Waals surface area contributed by atoms with Crippen LogP contribution in [0.3, 0.4) is 0 Å². The van der Waals surface area contributed by atoms with E-state index in [1.54, 1.807) is 0 Å². The Balaban J connectivity index is 1.40. The van der Waals surface area contributed by atoms with E-state index < -0.39 is 0 Å². The van der Waals surface area contributed by atoms with Gasteiger partial charge in [0, 0.05) is 49.3 Å². The number of hydrogen-bond acceptors (Lipinski definition) is 3. The Kier molecular flexibility index (Phi) is 5.23. The molecular weight excluding hydrogens is 384 g/mol. The third kappa shape index (κ3) is 3.94. The number of carbonyl (C=O) groups is 1. The number of imidazole rings is 1. The number of anilines is 1. The summed E-state index contributed by atoms with van der Waals surface area (Å²) in [6.07, 6.45) is 1.86. The number of amides is 1. The van der Waals surface area contributed by atoms with Gasteiger partial charge >= 0.3 is 0 Å². The number of carbonyl (C=O) groups excluding carboxylic acids is 1. The highest BCUT2D eigenvalue weighted by Crippen LogP contribution is 2.24. The van der Waals surface area contributed by atoms with Crippen molar-refractivity contribution in [3.8, 4) is 17.1 Å². The van der Waals surface area contributed by atoms with Gasteiger partial charge in [-0.15, -0.1) is 0 Å². The minimum absolute atomic E-state index is 0.0143. The van der Waals surface area contributed by atoms with Crippen LogP contribution in [0.25, 0.3) is 17.1 Å². The predicted molar refractivity (Wildman–Crippen MR) is 124 cm³/mol. The van der Waals surface area contributed by atoms with Gasteiger partial charge < -0.3 is 9.80 Å². The lowest BCUT2D eigenvalue weighted by Crippen LogP contribution is -2.48. The SMILES string of the molecule is O=C(c1cn(-c2ccccc2)c(-c2ccccc2)n1)N1CCN(c2ccccc2)CC1. The van der Waals surface area contributed by atoms with Gasteiger partial charge in [0.1, 0.15) is 11.5 Å². The molecule has 0 bridgehead atoms. The fourth-order valence-corrected chi connectivity index (χ4v) is 4.03. The lowest BCUT2D eigenvalue weighted by molar-refractivity contribution is 0.0741. The van der Waals surface area contributed by atoms with E-state index in [1.807, 2.05) is 94.5 Å². The van der Waals surface area contributed by atoms with Crippen molar-refractivity contribution in [2.24, 2.45) is 0 Å².